The van der Waals surface area contributed by atoms with Gasteiger partial charge >= 0.3 is 5.97 Å². The lowest BCUT2D eigenvalue weighted by Gasteiger charge is -1.96. The predicted molar refractivity (Wildman–Crippen MR) is 72.2 cm³/mol. The van der Waals surface area contributed by atoms with E-state index in [1.807, 2.05) is 13.8 Å². The molecule has 1 rings (SSSR count). The molecule has 1 N–H and O–H groups in total. The van der Waals surface area contributed by atoms with E-state index in [0.717, 1.165) is 24.0 Å². The number of nitro benzene ring substituents is 2. The molecule has 0 saturated heterocycles. The van der Waals surface area contributed by atoms with E-state index in [1.54, 1.807) is 0 Å². The molecule has 0 aliphatic heterocycles. The molecule has 0 radical (unpaired) electrons. The molecule has 1 aromatic carbocycles. The van der Waals surface area contributed by atoms with Crippen molar-refractivity contribution in [1.29, 1.82) is 0 Å². The van der Waals surface area contributed by atoms with Gasteiger partial charge in [-0.1, -0.05) is 5.57 Å². The van der Waals surface area contributed by atoms with E-state index >= 15 is 0 Å². The molecule has 0 bridgehead atoms. The van der Waals surface area contributed by atoms with E-state index in [9.17, 15) is 29.8 Å². The summed E-state index contributed by atoms with van der Waals surface area (Å²) in [5.74, 6) is -1.46. The average molecular weight is 296 g/mol. The summed E-state index contributed by atoms with van der Waals surface area (Å²) in [6.07, 6.45) is 2.31. The summed E-state index contributed by atoms with van der Waals surface area (Å²) in [7, 11) is 0. The number of carboxylic acid groups (broad SMARTS) is 1. The Morgan fingerprint density at radius 3 is 1.71 bits per heavy atom. The van der Waals surface area contributed by atoms with Crippen molar-refractivity contribution in [3.05, 3.63) is 55.6 Å². The number of carbonyl (C=O) groups is 2. The number of rotatable bonds is 4. The first-order chi connectivity index (χ1) is 9.68. The maximum atomic E-state index is 10.5. The smallest absolute Gasteiger partial charge is 0.336 e. The summed E-state index contributed by atoms with van der Waals surface area (Å²) >= 11 is 0. The standard InChI is InChI=1S/C7H4N2O6.C5H8O/c10-7(11)4-1-5(8(12)13)3-6(2-4)9(14)15;1-5(2)3-4-6/h1-3H,(H,10,11);3-4H,1-2H3. The second-order valence-corrected chi connectivity index (χ2v) is 3.94. The molecule has 0 unspecified atom stereocenters. The summed E-state index contributed by atoms with van der Waals surface area (Å²) in [5.41, 5.74) is -0.691. The molecule has 0 atom stereocenters. The van der Waals surface area contributed by atoms with Crippen LogP contribution < -0.4 is 0 Å². The number of nitro groups is 2. The van der Waals surface area contributed by atoms with Crippen molar-refractivity contribution in [3.8, 4) is 0 Å². The highest BCUT2D eigenvalue weighted by molar-refractivity contribution is 5.89. The van der Waals surface area contributed by atoms with Crippen LogP contribution in [0.3, 0.4) is 0 Å². The van der Waals surface area contributed by atoms with E-state index in [-0.39, 0.29) is 0 Å². The number of aldehydes is 1. The fourth-order valence-electron chi connectivity index (χ4n) is 1.07. The average Bonchev–Trinajstić information content (AvgIpc) is 2.38. The van der Waals surface area contributed by atoms with E-state index in [4.69, 9.17) is 5.11 Å². The van der Waals surface area contributed by atoms with Crippen LogP contribution in [0.5, 0.6) is 0 Å². The molecule has 1 aromatic rings. The van der Waals surface area contributed by atoms with E-state index < -0.39 is 32.8 Å². The highest BCUT2D eigenvalue weighted by atomic mass is 16.6. The van der Waals surface area contributed by atoms with Gasteiger partial charge in [0.25, 0.3) is 11.4 Å². The highest BCUT2D eigenvalue weighted by Crippen LogP contribution is 2.22. The number of benzene rings is 1. The minimum Gasteiger partial charge on any atom is -0.478 e. The van der Waals surface area contributed by atoms with Crippen LogP contribution in [0.15, 0.2) is 29.8 Å². The Bertz CT molecular complexity index is 525. The van der Waals surface area contributed by atoms with Crippen LogP contribution in [-0.2, 0) is 4.79 Å². The zero-order valence-corrected chi connectivity index (χ0v) is 11.2. The van der Waals surface area contributed by atoms with Crippen molar-refractivity contribution in [2.24, 2.45) is 0 Å². The molecule has 0 saturated carbocycles. The third kappa shape index (κ3) is 6.57. The summed E-state index contributed by atoms with van der Waals surface area (Å²) in [4.78, 5) is 38.9. The summed E-state index contributed by atoms with van der Waals surface area (Å²) in [5, 5.41) is 29.2. The third-order valence-electron chi connectivity index (χ3n) is 1.97. The number of allylic oxidation sites excluding steroid dienone is 2. The fraction of sp³-hybridized carbons (Fsp3) is 0.167. The van der Waals surface area contributed by atoms with Gasteiger partial charge in [0.05, 0.1) is 21.5 Å². The van der Waals surface area contributed by atoms with Crippen molar-refractivity contribution in [2.45, 2.75) is 13.8 Å². The Balaban J connectivity index is 0.000000567. The number of hydrogen-bond donors (Lipinski definition) is 1. The minimum atomic E-state index is -1.46. The molecular weight excluding hydrogens is 284 g/mol. The quantitative estimate of drug-likeness (QED) is 0.389. The monoisotopic (exact) mass is 296 g/mol. The summed E-state index contributed by atoms with van der Waals surface area (Å²) in [6, 6.07) is 2.22. The molecule has 0 aromatic heterocycles. The SMILES string of the molecule is CC(C)=CC=O.O=C(O)c1cc([N+](=O)[O-])cc([N+](=O)[O-])c1. The predicted octanol–water partition coefficient (Wildman–Crippen LogP) is 2.35. The van der Waals surface area contributed by atoms with E-state index in [1.165, 1.54) is 6.08 Å². The van der Waals surface area contributed by atoms with Crippen LogP contribution in [0.1, 0.15) is 24.2 Å². The first kappa shape index (κ1) is 17.9. The number of carbonyl (C=O) groups excluding carboxylic acids is 1. The highest BCUT2D eigenvalue weighted by Gasteiger charge is 2.19. The van der Waals surface area contributed by atoms with Gasteiger partial charge in [-0.05, 0) is 19.9 Å². The first-order valence-electron chi connectivity index (χ1n) is 5.45. The molecule has 0 amide bonds. The van der Waals surface area contributed by atoms with E-state index in [0.29, 0.717) is 6.07 Å². The molecule has 112 valence electrons. The number of carboxylic acids is 1. The van der Waals surface area contributed by atoms with Crippen molar-refractivity contribution in [2.75, 3.05) is 0 Å². The van der Waals surface area contributed by atoms with Crippen molar-refractivity contribution >= 4 is 23.6 Å². The van der Waals surface area contributed by atoms with Gasteiger partial charge in [0.2, 0.25) is 0 Å². The minimum absolute atomic E-state index is 0.490. The summed E-state index contributed by atoms with van der Waals surface area (Å²) < 4.78 is 0. The number of hydrogen-bond acceptors (Lipinski definition) is 6. The second kappa shape index (κ2) is 8.15. The molecule has 9 heteroatoms. The van der Waals surface area contributed by atoms with Crippen LogP contribution >= 0.6 is 0 Å². The normalized spacial score (nSPS) is 8.86. The Morgan fingerprint density at radius 1 is 1.10 bits per heavy atom. The fourth-order valence-corrected chi connectivity index (χ4v) is 1.07. The molecular formula is C12H12N2O7. The number of nitrogens with zero attached hydrogens (tertiary/aromatic N) is 2. The Morgan fingerprint density at radius 2 is 1.52 bits per heavy atom. The van der Waals surface area contributed by atoms with Gasteiger partial charge in [-0.15, -0.1) is 0 Å². The second-order valence-electron chi connectivity index (χ2n) is 3.94. The van der Waals surface area contributed by atoms with Crippen molar-refractivity contribution in [3.63, 3.8) is 0 Å². The number of non-ortho nitro benzene ring substituents is 2. The zero-order valence-electron chi connectivity index (χ0n) is 11.2. The topological polar surface area (TPSA) is 141 Å². The van der Waals surface area contributed by atoms with Crippen LogP contribution in [-0.4, -0.2) is 27.2 Å². The van der Waals surface area contributed by atoms with Gasteiger partial charge < -0.3 is 5.11 Å². The maximum absolute atomic E-state index is 10.5. The van der Waals surface area contributed by atoms with Crippen LogP contribution in [0, 0.1) is 20.2 Å². The third-order valence-corrected chi connectivity index (χ3v) is 1.97. The van der Waals surface area contributed by atoms with Gasteiger partial charge in [0, 0.05) is 12.1 Å². The lowest BCUT2D eigenvalue weighted by atomic mass is 10.2. The maximum Gasteiger partial charge on any atom is 0.336 e. The lowest BCUT2D eigenvalue weighted by molar-refractivity contribution is -0.394. The van der Waals surface area contributed by atoms with Gasteiger partial charge in [-0.25, -0.2) is 4.79 Å². The molecule has 0 aliphatic rings. The Kier molecular flexibility index (Phi) is 6.94. The van der Waals surface area contributed by atoms with Crippen LogP contribution in [0.25, 0.3) is 0 Å². The lowest BCUT2D eigenvalue weighted by Crippen LogP contribution is -2.00. The van der Waals surface area contributed by atoms with Crippen molar-refractivity contribution in [1.82, 2.24) is 0 Å². The van der Waals surface area contributed by atoms with Crippen LogP contribution in [0.4, 0.5) is 11.4 Å². The molecule has 9 nitrogen and oxygen atoms in total. The zero-order chi connectivity index (χ0) is 16.6. The molecule has 0 fully saturated rings. The van der Waals surface area contributed by atoms with Gasteiger partial charge in [-0.2, -0.15) is 0 Å². The molecule has 0 heterocycles. The first-order valence-corrected chi connectivity index (χ1v) is 5.45. The summed E-state index contributed by atoms with van der Waals surface area (Å²) in [6.45, 7) is 3.77. The molecule has 0 aliphatic carbocycles. The van der Waals surface area contributed by atoms with Crippen molar-refractivity contribution < 1.29 is 24.5 Å². The Labute approximate surface area is 118 Å². The van der Waals surface area contributed by atoms with Gasteiger partial charge in [0.1, 0.15) is 6.29 Å². The van der Waals surface area contributed by atoms with Crippen LogP contribution in [0.2, 0.25) is 0 Å². The Hall–Kier alpha value is -3.10. The molecule has 0 spiro atoms. The largest absolute Gasteiger partial charge is 0.478 e. The number of aromatic carboxylic acids is 1. The van der Waals surface area contributed by atoms with Gasteiger partial charge in [-0.3, -0.25) is 25.0 Å². The van der Waals surface area contributed by atoms with Gasteiger partial charge in [0.15, 0.2) is 0 Å². The molecule has 21 heavy (non-hydrogen) atoms. The van der Waals surface area contributed by atoms with E-state index in [2.05, 4.69) is 0 Å².